The number of ether oxygens (including phenoxy) is 2. The lowest BCUT2D eigenvalue weighted by atomic mass is 9.78. The summed E-state index contributed by atoms with van der Waals surface area (Å²) in [5.41, 5.74) is 3.31. The van der Waals surface area contributed by atoms with Crippen molar-refractivity contribution in [2.75, 3.05) is 34.4 Å². The number of methoxy groups -OCH3 is 2. The summed E-state index contributed by atoms with van der Waals surface area (Å²) in [5, 5.41) is 0. The maximum atomic E-state index is 14.3. The van der Waals surface area contributed by atoms with Crippen molar-refractivity contribution >= 4 is 11.8 Å². The number of rotatable bonds is 6. The number of aromatic nitrogens is 1. The van der Waals surface area contributed by atoms with Crippen molar-refractivity contribution in [1.29, 1.82) is 0 Å². The molecule has 192 valence electrons. The minimum absolute atomic E-state index is 0.0276. The van der Waals surface area contributed by atoms with Gasteiger partial charge in [0, 0.05) is 38.1 Å². The molecule has 5 rings (SSSR count). The molecule has 0 saturated carbocycles. The van der Waals surface area contributed by atoms with Gasteiger partial charge in [-0.25, -0.2) is 0 Å². The number of carbonyl (C=O) groups is 2. The van der Waals surface area contributed by atoms with E-state index >= 15 is 0 Å². The average Bonchev–Trinajstić information content (AvgIpc) is 2.95. The second kappa shape index (κ2) is 10.6. The molecule has 0 N–H and O–H groups in total. The first-order chi connectivity index (χ1) is 18.0. The topological polar surface area (TPSA) is 72.0 Å². The van der Waals surface area contributed by atoms with Crippen LogP contribution in [0, 0.1) is 5.92 Å². The Balaban J connectivity index is 1.48. The summed E-state index contributed by atoms with van der Waals surface area (Å²) in [6, 6.07) is 17.3. The number of carbonyl (C=O) groups excluding carboxylic acids is 2. The molecule has 2 atom stereocenters. The van der Waals surface area contributed by atoms with Crippen molar-refractivity contribution < 1.29 is 19.1 Å². The Bertz CT molecular complexity index is 1260. The molecule has 7 heteroatoms. The van der Waals surface area contributed by atoms with Gasteiger partial charge in [-0.1, -0.05) is 36.4 Å². The molecule has 1 saturated heterocycles. The third-order valence-corrected chi connectivity index (χ3v) is 7.76. The Morgan fingerprint density at radius 2 is 1.70 bits per heavy atom. The van der Waals surface area contributed by atoms with Gasteiger partial charge in [-0.05, 0) is 60.1 Å². The summed E-state index contributed by atoms with van der Waals surface area (Å²) in [5.74, 6) is 0.814. The quantitative estimate of drug-likeness (QED) is 0.500. The first kappa shape index (κ1) is 24.8. The van der Waals surface area contributed by atoms with E-state index in [1.54, 1.807) is 50.7 Å². The fourth-order valence-corrected chi connectivity index (χ4v) is 5.78. The number of pyridine rings is 1. The van der Waals surface area contributed by atoms with E-state index in [0.29, 0.717) is 41.6 Å². The van der Waals surface area contributed by atoms with E-state index in [4.69, 9.17) is 9.47 Å². The van der Waals surface area contributed by atoms with Gasteiger partial charge in [0.25, 0.3) is 5.91 Å². The van der Waals surface area contributed by atoms with Gasteiger partial charge < -0.3 is 19.3 Å². The zero-order valence-corrected chi connectivity index (χ0v) is 21.6. The highest BCUT2D eigenvalue weighted by Gasteiger charge is 2.45. The van der Waals surface area contributed by atoms with E-state index in [2.05, 4.69) is 29.2 Å². The van der Waals surface area contributed by atoms with Crippen LogP contribution in [0.3, 0.4) is 0 Å². The smallest absolute Gasteiger partial charge is 0.254 e. The van der Waals surface area contributed by atoms with Crippen molar-refractivity contribution in [3.05, 3.63) is 89.2 Å². The lowest BCUT2D eigenvalue weighted by Gasteiger charge is -2.43. The number of piperidine rings is 1. The average molecular weight is 500 g/mol. The van der Waals surface area contributed by atoms with E-state index in [1.165, 1.54) is 5.56 Å². The molecule has 37 heavy (non-hydrogen) atoms. The third kappa shape index (κ3) is 4.78. The van der Waals surface area contributed by atoms with E-state index in [-0.39, 0.29) is 11.8 Å². The van der Waals surface area contributed by atoms with Gasteiger partial charge >= 0.3 is 0 Å². The molecule has 3 heterocycles. The molecule has 0 unspecified atom stereocenters. The predicted molar refractivity (Wildman–Crippen MR) is 141 cm³/mol. The van der Waals surface area contributed by atoms with Crippen molar-refractivity contribution in [3.8, 4) is 11.5 Å². The number of likely N-dealkylation sites (tertiary alicyclic amines) is 1. The molecular weight excluding hydrogens is 466 g/mol. The zero-order chi connectivity index (χ0) is 25.9. The van der Waals surface area contributed by atoms with E-state index < -0.39 is 12.0 Å². The number of hydrogen-bond donors (Lipinski definition) is 0. The number of hydrogen-bond acceptors (Lipinski definition) is 5. The minimum Gasteiger partial charge on any atom is -0.493 e. The van der Waals surface area contributed by atoms with Crippen molar-refractivity contribution in [1.82, 2.24) is 14.8 Å². The van der Waals surface area contributed by atoms with Gasteiger partial charge in [0.15, 0.2) is 11.5 Å². The molecule has 0 bridgehead atoms. The molecule has 0 radical (unpaired) electrons. The van der Waals surface area contributed by atoms with Gasteiger partial charge in [0.1, 0.15) is 0 Å². The Hall–Kier alpha value is -3.87. The first-order valence-electron chi connectivity index (χ1n) is 12.8. The standard InChI is InChI=1S/C30H33N3O4/c1-32-28(22-10-7-13-31-19-22)27(23-17-25(36-2)26(37-3)18-24(23)29(32)34)30(35)33-14-11-21(12-15-33)16-20-8-5-4-6-9-20/h4-10,13,17-19,21,27-28H,11-12,14-16H2,1-3H3/t27-,28-/m0/s1. The zero-order valence-electron chi connectivity index (χ0n) is 21.6. The predicted octanol–water partition coefficient (Wildman–Crippen LogP) is 4.49. The Kier molecular flexibility index (Phi) is 7.12. The molecule has 2 aromatic carbocycles. The van der Waals surface area contributed by atoms with Crippen LogP contribution in [0.15, 0.2) is 67.0 Å². The van der Waals surface area contributed by atoms with E-state index in [9.17, 15) is 9.59 Å². The van der Waals surface area contributed by atoms with Crippen LogP contribution in [0.2, 0.25) is 0 Å². The number of fused-ring (bicyclic) bond motifs is 1. The largest absolute Gasteiger partial charge is 0.493 e. The van der Waals surface area contributed by atoms with Gasteiger partial charge in [0.05, 0.1) is 26.2 Å². The third-order valence-electron chi connectivity index (χ3n) is 7.76. The lowest BCUT2D eigenvalue weighted by molar-refractivity contribution is -0.136. The molecule has 2 aliphatic rings. The van der Waals surface area contributed by atoms with Crippen LogP contribution in [-0.4, -0.2) is 61.0 Å². The van der Waals surface area contributed by atoms with Crippen LogP contribution in [0.25, 0.3) is 0 Å². The summed E-state index contributed by atoms with van der Waals surface area (Å²) in [4.78, 5) is 35.7. The van der Waals surface area contributed by atoms with Crippen molar-refractivity contribution in [2.45, 2.75) is 31.2 Å². The van der Waals surface area contributed by atoms with Gasteiger partial charge in [-0.3, -0.25) is 14.6 Å². The molecule has 0 aliphatic carbocycles. The highest BCUT2D eigenvalue weighted by atomic mass is 16.5. The molecule has 3 aromatic rings. The fraction of sp³-hybridized carbons (Fsp3) is 0.367. The van der Waals surface area contributed by atoms with Gasteiger partial charge in [-0.15, -0.1) is 0 Å². The molecular formula is C30H33N3O4. The summed E-state index contributed by atoms with van der Waals surface area (Å²) < 4.78 is 11.0. The normalized spacial score (nSPS) is 19.9. The molecule has 0 spiro atoms. The van der Waals surface area contributed by atoms with Crippen LogP contribution >= 0.6 is 0 Å². The van der Waals surface area contributed by atoms with Crippen LogP contribution in [0.5, 0.6) is 11.5 Å². The highest BCUT2D eigenvalue weighted by Crippen LogP contribution is 2.46. The maximum absolute atomic E-state index is 14.3. The summed E-state index contributed by atoms with van der Waals surface area (Å²) in [6.45, 7) is 1.40. The number of likely N-dealkylation sites (N-methyl/N-ethyl adjacent to an activating group) is 1. The Morgan fingerprint density at radius 3 is 2.35 bits per heavy atom. The van der Waals surface area contributed by atoms with Crippen molar-refractivity contribution in [3.63, 3.8) is 0 Å². The SMILES string of the molecule is COc1cc2c(cc1OC)[C@H](C(=O)N1CCC(Cc3ccccc3)CC1)[C@H](c1cccnc1)N(C)C2=O. The molecule has 1 aromatic heterocycles. The van der Waals surface area contributed by atoms with E-state index in [0.717, 1.165) is 24.8 Å². The van der Waals surface area contributed by atoms with Crippen LogP contribution in [0.1, 0.15) is 51.8 Å². The molecule has 2 amide bonds. The first-order valence-corrected chi connectivity index (χ1v) is 12.8. The van der Waals surface area contributed by atoms with Gasteiger partial charge in [-0.2, -0.15) is 0 Å². The number of benzene rings is 2. The Morgan fingerprint density at radius 1 is 1.00 bits per heavy atom. The minimum atomic E-state index is -0.577. The van der Waals surface area contributed by atoms with Crippen molar-refractivity contribution in [2.24, 2.45) is 5.92 Å². The molecule has 7 nitrogen and oxygen atoms in total. The van der Waals surface area contributed by atoms with Crippen LogP contribution < -0.4 is 9.47 Å². The number of nitrogens with zero attached hydrogens (tertiary/aromatic N) is 3. The molecule has 1 fully saturated rings. The summed E-state index contributed by atoms with van der Waals surface area (Å²) in [7, 11) is 4.86. The Labute approximate surface area is 218 Å². The lowest BCUT2D eigenvalue weighted by Crippen LogP contribution is -2.48. The number of amides is 2. The van der Waals surface area contributed by atoms with Gasteiger partial charge in [0.2, 0.25) is 5.91 Å². The second-order valence-electron chi connectivity index (χ2n) is 9.88. The maximum Gasteiger partial charge on any atom is 0.254 e. The van der Waals surface area contributed by atoms with Crippen LogP contribution in [-0.2, 0) is 11.2 Å². The molecule has 2 aliphatic heterocycles. The summed E-state index contributed by atoms with van der Waals surface area (Å²) in [6.07, 6.45) is 6.38. The summed E-state index contributed by atoms with van der Waals surface area (Å²) >= 11 is 0. The monoisotopic (exact) mass is 499 g/mol. The fourth-order valence-electron chi connectivity index (χ4n) is 5.78. The second-order valence-corrected chi connectivity index (χ2v) is 9.88. The van der Waals surface area contributed by atoms with Crippen LogP contribution in [0.4, 0.5) is 0 Å². The highest BCUT2D eigenvalue weighted by molar-refractivity contribution is 6.02. The van der Waals surface area contributed by atoms with E-state index in [1.807, 2.05) is 23.1 Å².